The molecule has 1 aromatic carbocycles. The third kappa shape index (κ3) is 2.65. The third-order valence-electron chi connectivity index (χ3n) is 2.55. The highest BCUT2D eigenvalue weighted by atomic mass is 35.5. The van der Waals surface area contributed by atoms with E-state index in [1.165, 1.54) is 0 Å². The fraction of sp³-hybridized carbons (Fsp3) is 0.154. The summed E-state index contributed by atoms with van der Waals surface area (Å²) in [5.74, 6) is 1.39. The molecule has 1 heterocycles. The van der Waals surface area contributed by atoms with Gasteiger partial charge in [-0.05, 0) is 42.8 Å². The Bertz CT molecular complexity index is 572. The lowest BCUT2D eigenvalue weighted by Crippen LogP contribution is -1.99. The first kappa shape index (κ1) is 12.5. The van der Waals surface area contributed by atoms with Gasteiger partial charge >= 0.3 is 0 Å². The van der Waals surface area contributed by atoms with Crippen LogP contribution in [0.5, 0.6) is 5.75 Å². The van der Waals surface area contributed by atoms with Gasteiger partial charge in [0, 0.05) is 5.69 Å². The van der Waals surface area contributed by atoms with Gasteiger partial charge in [-0.2, -0.15) is 0 Å². The molecule has 94 valence electrons. The fourth-order valence-corrected chi connectivity index (χ4v) is 1.79. The molecule has 0 aliphatic carbocycles. The SMILES string of the molecule is COc1ccc(Nc2nc(Cl)ccc2N)cc1C. The zero-order chi connectivity index (χ0) is 13.1. The van der Waals surface area contributed by atoms with Gasteiger partial charge < -0.3 is 15.8 Å². The first-order chi connectivity index (χ1) is 8.60. The number of pyridine rings is 1. The van der Waals surface area contributed by atoms with Gasteiger partial charge in [-0.3, -0.25) is 0 Å². The molecule has 4 nitrogen and oxygen atoms in total. The second kappa shape index (κ2) is 5.14. The standard InChI is InChI=1S/C13H14ClN3O/c1-8-7-9(3-5-11(8)18-2)16-13-10(15)4-6-12(14)17-13/h3-7H,15H2,1-2H3,(H,16,17). The molecule has 0 radical (unpaired) electrons. The van der Waals surface area contributed by atoms with Crippen molar-refractivity contribution in [2.45, 2.75) is 6.92 Å². The summed E-state index contributed by atoms with van der Waals surface area (Å²) in [7, 11) is 1.64. The number of aromatic nitrogens is 1. The van der Waals surface area contributed by atoms with Crippen LogP contribution in [0.15, 0.2) is 30.3 Å². The first-order valence-corrected chi connectivity index (χ1v) is 5.81. The summed E-state index contributed by atoms with van der Waals surface area (Å²) in [6, 6.07) is 9.11. The van der Waals surface area contributed by atoms with Gasteiger partial charge in [0.2, 0.25) is 0 Å². The molecule has 0 aliphatic heterocycles. The fourth-order valence-electron chi connectivity index (χ4n) is 1.64. The van der Waals surface area contributed by atoms with Gasteiger partial charge in [-0.1, -0.05) is 11.6 Å². The van der Waals surface area contributed by atoms with Crippen molar-refractivity contribution in [1.29, 1.82) is 0 Å². The van der Waals surface area contributed by atoms with Crippen LogP contribution in [0.1, 0.15) is 5.56 Å². The smallest absolute Gasteiger partial charge is 0.155 e. The van der Waals surface area contributed by atoms with E-state index in [9.17, 15) is 0 Å². The first-order valence-electron chi connectivity index (χ1n) is 5.44. The van der Waals surface area contributed by atoms with Crippen LogP contribution in [-0.2, 0) is 0 Å². The van der Waals surface area contributed by atoms with E-state index >= 15 is 0 Å². The molecule has 0 saturated heterocycles. The molecule has 0 fully saturated rings. The van der Waals surface area contributed by atoms with Crippen LogP contribution in [0, 0.1) is 6.92 Å². The highest BCUT2D eigenvalue weighted by Gasteiger charge is 2.04. The molecular weight excluding hydrogens is 250 g/mol. The number of benzene rings is 1. The highest BCUT2D eigenvalue weighted by Crippen LogP contribution is 2.26. The molecule has 3 N–H and O–H groups in total. The van der Waals surface area contributed by atoms with Crippen molar-refractivity contribution in [2.24, 2.45) is 0 Å². The van der Waals surface area contributed by atoms with Crippen molar-refractivity contribution < 1.29 is 4.74 Å². The molecule has 0 unspecified atom stereocenters. The molecule has 2 aromatic rings. The van der Waals surface area contributed by atoms with Gasteiger partial charge in [0.1, 0.15) is 10.9 Å². The van der Waals surface area contributed by atoms with E-state index in [4.69, 9.17) is 22.1 Å². The van der Waals surface area contributed by atoms with Crippen molar-refractivity contribution in [3.05, 3.63) is 41.0 Å². The van der Waals surface area contributed by atoms with Crippen molar-refractivity contribution in [2.75, 3.05) is 18.2 Å². The molecule has 0 atom stereocenters. The van der Waals surface area contributed by atoms with Crippen LogP contribution < -0.4 is 15.8 Å². The van der Waals surface area contributed by atoms with Gasteiger partial charge in [0.15, 0.2) is 5.82 Å². The normalized spacial score (nSPS) is 10.2. The average Bonchev–Trinajstić information content (AvgIpc) is 2.34. The molecule has 0 spiro atoms. The number of nitrogens with two attached hydrogens (primary N) is 1. The number of nitrogens with zero attached hydrogens (tertiary/aromatic N) is 1. The predicted octanol–water partition coefficient (Wildman–Crippen LogP) is 3.38. The zero-order valence-corrected chi connectivity index (χ0v) is 11.0. The topological polar surface area (TPSA) is 60.2 Å². The van der Waals surface area contributed by atoms with Crippen LogP contribution in [0.3, 0.4) is 0 Å². The molecule has 0 bridgehead atoms. The van der Waals surface area contributed by atoms with Crippen molar-refractivity contribution in [1.82, 2.24) is 4.98 Å². The summed E-state index contributed by atoms with van der Waals surface area (Å²) in [6.45, 7) is 1.97. The van der Waals surface area contributed by atoms with Gasteiger partial charge in [-0.25, -0.2) is 4.98 Å². The number of hydrogen-bond acceptors (Lipinski definition) is 4. The highest BCUT2D eigenvalue weighted by molar-refractivity contribution is 6.29. The Morgan fingerprint density at radius 2 is 2.06 bits per heavy atom. The lowest BCUT2D eigenvalue weighted by atomic mass is 10.2. The number of ether oxygens (including phenoxy) is 1. The molecule has 2 rings (SSSR count). The van der Waals surface area contributed by atoms with Crippen LogP contribution in [0.4, 0.5) is 17.2 Å². The number of methoxy groups -OCH3 is 1. The average molecular weight is 264 g/mol. The van der Waals surface area contributed by atoms with E-state index in [1.54, 1.807) is 19.2 Å². The minimum absolute atomic E-state index is 0.400. The maximum absolute atomic E-state index is 5.84. The summed E-state index contributed by atoms with van der Waals surface area (Å²) in [5.41, 5.74) is 8.29. The Balaban J connectivity index is 2.28. The Hall–Kier alpha value is -1.94. The summed E-state index contributed by atoms with van der Waals surface area (Å²) in [4.78, 5) is 4.14. The maximum atomic E-state index is 5.84. The lowest BCUT2D eigenvalue weighted by Gasteiger charge is -2.11. The van der Waals surface area contributed by atoms with Gasteiger partial charge in [0.25, 0.3) is 0 Å². The number of aryl methyl sites for hydroxylation is 1. The van der Waals surface area contributed by atoms with Crippen LogP contribution in [-0.4, -0.2) is 12.1 Å². The van der Waals surface area contributed by atoms with Crippen LogP contribution in [0.2, 0.25) is 5.15 Å². The second-order valence-corrected chi connectivity index (χ2v) is 4.27. The molecule has 0 aliphatic rings. The largest absolute Gasteiger partial charge is 0.496 e. The van der Waals surface area contributed by atoms with E-state index in [-0.39, 0.29) is 0 Å². The van der Waals surface area contributed by atoms with E-state index in [0.29, 0.717) is 16.7 Å². The second-order valence-electron chi connectivity index (χ2n) is 3.88. The van der Waals surface area contributed by atoms with Crippen LogP contribution in [0.25, 0.3) is 0 Å². The molecule has 1 aromatic heterocycles. The Labute approximate surface area is 111 Å². The molecule has 18 heavy (non-hydrogen) atoms. The molecule has 0 amide bonds. The minimum Gasteiger partial charge on any atom is -0.496 e. The quantitative estimate of drug-likeness (QED) is 0.834. The number of rotatable bonds is 3. The minimum atomic E-state index is 0.400. The molecular formula is C13H14ClN3O. The summed E-state index contributed by atoms with van der Waals surface area (Å²) in [5, 5.41) is 3.53. The summed E-state index contributed by atoms with van der Waals surface area (Å²) in [6.07, 6.45) is 0. The van der Waals surface area contributed by atoms with Gasteiger partial charge in [0.05, 0.1) is 12.8 Å². The Morgan fingerprint density at radius 1 is 1.28 bits per heavy atom. The summed E-state index contributed by atoms with van der Waals surface area (Å²) >= 11 is 5.84. The predicted molar refractivity (Wildman–Crippen MR) is 74.7 cm³/mol. The van der Waals surface area contributed by atoms with E-state index in [0.717, 1.165) is 17.0 Å². The maximum Gasteiger partial charge on any atom is 0.155 e. The van der Waals surface area contributed by atoms with E-state index in [2.05, 4.69) is 10.3 Å². The number of nitrogens with one attached hydrogen (secondary N) is 1. The lowest BCUT2D eigenvalue weighted by molar-refractivity contribution is 0.412. The number of hydrogen-bond donors (Lipinski definition) is 2. The van der Waals surface area contributed by atoms with Crippen molar-refractivity contribution in [3.8, 4) is 5.75 Å². The molecule has 5 heteroatoms. The number of anilines is 3. The monoisotopic (exact) mass is 263 g/mol. The Morgan fingerprint density at radius 3 is 2.72 bits per heavy atom. The number of nitrogen functional groups attached to an aromatic ring is 1. The summed E-state index contributed by atoms with van der Waals surface area (Å²) < 4.78 is 5.20. The number of halogens is 1. The molecule has 0 saturated carbocycles. The van der Waals surface area contributed by atoms with Crippen molar-refractivity contribution in [3.63, 3.8) is 0 Å². The van der Waals surface area contributed by atoms with E-state index < -0.39 is 0 Å². The third-order valence-corrected chi connectivity index (χ3v) is 2.76. The van der Waals surface area contributed by atoms with Gasteiger partial charge in [-0.15, -0.1) is 0 Å². The Kier molecular flexibility index (Phi) is 3.58. The van der Waals surface area contributed by atoms with Crippen LogP contribution >= 0.6 is 11.6 Å². The van der Waals surface area contributed by atoms with E-state index in [1.807, 2.05) is 25.1 Å². The van der Waals surface area contributed by atoms with Crippen molar-refractivity contribution >= 4 is 28.8 Å². The zero-order valence-electron chi connectivity index (χ0n) is 10.2.